The van der Waals surface area contributed by atoms with Gasteiger partial charge in [-0.25, -0.2) is 4.98 Å². The predicted molar refractivity (Wildman–Crippen MR) is 74.3 cm³/mol. The van der Waals surface area contributed by atoms with Crippen molar-refractivity contribution in [2.75, 3.05) is 18.5 Å². The third kappa shape index (κ3) is 3.91. The van der Waals surface area contributed by atoms with Crippen LogP contribution in [0, 0.1) is 6.92 Å². The second-order valence-corrected chi connectivity index (χ2v) is 4.47. The van der Waals surface area contributed by atoms with E-state index in [0.29, 0.717) is 5.56 Å². The standard InChI is InChI=1S/C13H22N4O/c1-4-5-6-7-17(3)12-9-11(13(14)16-18)8-10(2)15-12/h8-9,18H,4-7H2,1-3H3,(H2,14,16). The highest BCUT2D eigenvalue weighted by Gasteiger charge is 2.07. The van der Waals surface area contributed by atoms with Crippen LogP contribution in [-0.4, -0.2) is 29.6 Å². The van der Waals surface area contributed by atoms with Crippen LogP contribution in [0.4, 0.5) is 5.82 Å². The number of hydrogen-bond acceptors (Lipinski definition) is 4. The van der Waals surface area contributed by atoms with Gasteiger partial charge in [0.1, 0.15) is 5.82 Å². The second-order valence-electron chi connectivity index (χ2n) is 4.47. The lowest BCUT2D eigenvalue weighted by molar-refractivity contribution is 0.318. The van der Waals surface area contributed by atoms with Crippen LogP contribution < -0.4 is 10.6 Å². The van der Waals surface area contributed by atoms with Gasteiger partial charge < -0.3 is 15.8 Å². The summed E-state index contributed by atoms with van der Waals surface area (Å²) in [6.07, 6.45) is 3.55. The van der Waals surface area contributed by atoms with Crippen molar-refractivity contribution in [1.29, 1.82) is 0 Å². The van der Waals surface area contributed by atoms with E-state index in [2.05, 4.69) is 22.0 Å². The number of aromatic nitrogens is 1. The fourth-order valence-electron chi connectivity index (χ4n) is 1.77. The fraction of sp³-hybridized carbons (Fsp3) is 0.538. The van der Waals surface area contributed by atoms with Gasteiger partial charge in [0.25, 0.3) is 0 Å². The van der Waals surface area contributed by atoms with Gasteiger partial charge in [-0.3, -0.25) is 0 Å². The fourth-order valence-corrected chi connectivity index (χ4v) is 1.77. The van der Waals surface area contributed by atoms with E-state index >= 15 is 0 Å². The van der Waals surface area contributed by atoms with Gasteiger partial charge in [0, 0.05) is 24.8 Å². The molecule has 0 aliphatic carbocycles. The quantitative estimate of drug-likeness (QED) is 0.266. The predicted octanol–water partition coefficient (Wildman–Crippen LogP) is 2.11. The molecule has 5 nitrogen and oxygen atoms in total. The van der Waals surface area contributed by atoms with Crippen LogP contribution in [0.15, 0.2) is 17.3 Å². The van der Waals surface area contributed by atoms with Crippen molar-refractivity contribution in [1.82, 2.24) is 4.98 Å². The maximum Gasteiger partial charge on any atom is 0.170 e. The molecule has 1 aromatic heterocycles. The minimum atomic E-state index is 0.115. The van der Waals surface area contributed by atoms with Gasteiger partial charge in [-0.1, -0.05) is 24.9 Å². The molecule has 0 aromatic carbocycles. The summed E-state index contributed by atoms with van der Waals surface area (Å²) in [7, 11) is 2.01. The lowest BCUT2D eigenvalue weighted by Crippen LogP contribution is -2.21. The average molecular weight is 250 g/mol. The molecule has 0 saturated heterocycles. The summed E-state index contributed by atoms with van der Waals surface area (Å²) < 4.78 is 0. The summed E-state index contributed by atoms with van der Waals surface area (Å²) in [6, 6.07) is 3.65. The normalized spacial score (nSPS) is 11.6. The first-order valence-electron chi connectivity index (χ1n) is 6.26. The topological polar surface area (TPSA) is 74.7 Å². The van der Waals surface area contributed by atoms with Gasteiger partial charge in [0.2, 0.25) is 0 Å². The van der Waals surface area contributed by atoms with E-state index in [9.17, 15) is 0 Å². The van der Waals surface area contributed by atoms with Crippen molar-refractivity contribution in [3.05, 3.63) is 23.4 Å². The van der Waals surface area contributed by atoms with Crippen molar-refractivity contribution in [2.24, 2.45) is 10.9 Å². The summed E-state index contributed by atoms with van der Waals surface area (Å²) in [4.78, 5) is 6.56. The number of nitrogens with two attached hydrogens (primary N) is 1. The van der Waals surface area contributed by atoms with Crippen LogP contribution in [0.2, 0.25) is 0 Å². The molecule has 5 heteroatoms. The van der Waals surface area contributed by atoms with E-state index in [0.717, 1.165) is 24.5 Å². The number of nitrogens with zero attached hydrogens (tertiary/aromatic N) is 3. The van der Waals surface area contributed by atoms with E-state index in [4.69, 9.17) is 10.9 Å². The zero-order valence-electron chi connectivity index (χ0n) is 11.3. The summed E-state index contributed by atoms with van der Waals surface area (Å²) in [6.45, 7) is 5.04. The lowest BCUT2D eigenvalue weighted by atomic mass is 10.2. The summed E-state index contributed by atoms with van der Waals surface area (Å²) >= 11 is 0. The molecule has 0 fully saturated rings. The maximum atomic E-state index is 8.71. The van der Waals surface area contributed by atoms with Gasteiger partial charge in [0.15, 0.2) is 5.84 Å². The molecule has 0 atom stereocenters. The number of rotatable bonds is 6. The van der Waals surface area contributed by atoms with Crippen LogP contribution in [0.3, 0.4) is 0 Å². The number of amidine groups is 1. The smallest absolute Gasteiger partial charge is 0.170 e. The highest BCUT2D eigenvalue weighted by atomic mass is 16.4. The molecule has 0 bridgehead atoms. The average Bonchev–Trinajstić information content (AvgIpc) is 2.37. The van der Waals surface area contributed by atoms with Gasteiger partial charge in [-0.15, -0.1) is 0 Å². The molecular formula is C13H22N4O. The van der Waals surface area contributed by atoms with Gasteiger partial charge in [-0.2, -0.15) is 0 Å². The van der Waals surface area contributed by atoms with Gasteiger partial charge in [0.05, 0.1) is 0 Å². The molecule has 3 N–H and O–H groups in total. The molecule has 0 amide bonds. The van der Waals surface area contributed by atoms with Crippen LogP contribution in [0.5, 0.6) is 0 Å². The number of oxime groups is 1. The molecule has 1 heterocycles. The van der Waals surface area contributed by atoms with Gasteiger partial charge in [-0.05, 0) is 25.5 Å². The molecule has 1 rings (SSSR count). The number of aryl methyl sites for hydroxylation is 1. The molecule has 0 spiro atoms. The van der Waals surface area contributed by atoms with Crippen molar-refractivity contribution in [2.45, 2.75) is 33.1 Å². The first-order chi connectivity index (χ1) is 8.58. The van der Waals surface area contributed by atoms with Gasteiger partial charge >= 0.3 is 0 Å². The Labute approximate surface area is 108 Å². The van der Waals surface area contributed by atoms with Crippen molar-refractivity contribution in [3.63, 3.8) is 0 Å². The minimum absolute atomic E-state index is 0.115. The molecule has 0 unspecified atom stereocenters. The van der Waals surface area contributed by atoms with E-state index < -0.39 is 0 Å². The number of hydrogen-bond donors (Lipinski definition) is 2. The van der Waals surface area contributed by atoms with Crippen molar-refractivity contribution < 1.29 is 5.21 Å². The molecule has 0 saturated carbocycles. The highest BCUT2D eigenvalue weighted by molar-refractivity contribution is 5.97. The monoisotopic (exact) mass is 250 g/mol. The van der Waals surface area contributed by atoms with E-state index in [1.54, 1.807) is 6.07 Å². The van der Waals surface area contributed by atoms with Crippen LogP contribution in [-0.2, 0) is 0 Å². The Hall–Kier alpha value is -1.78. The Kier molecular flexibility index (Phi) is 5.42. The number of anilines is 1. The van der Waals surface area contributed by atoms with E-state index in [1.807, 2.05) is 20.0 Å². The van der Waals surface area contributed by atoms with Crippen molar-refractivity contribution in [3.8, 4) is 0 Å². The molecule has 0 aliphatic rings. The van der Waals surface area contributed by atoms with Crippen LogP contribution in [0.1, 0.15) is 37.4 Å². The van der Waals surface area contributed by atoms with Crippen LogP contribution in [0.25, 0.3) is 0 Å². The third-order valence-corrected chi connectivity index (χ3v) is 2.83. The second kappa shape index (κ2) is 6.83. The first-order valence-corrected chi connectivity index (χ1v) is 6.26. The zero-order chi connectivity index (χ0) is 13.5. The summed E-state index contributed by atoms with van der Waals surface area (Å²) in [5.74, 6) is 0.969. The Bertz CT molecular complexity index is 417. The maximum absolute atomic E-state index is 8.71. The highest BCUT2D eigenvalue weighted by Crippen LogP contribution is 2.14. The zero-order valence-corrected chi connectivity index (χ0v) is 11.3. The Morgan fingerprint density at radius 3 is 2.78 bits per heavy atom. The first kappa shape index (κ1) is 14.3. The number of pyridine rings is 1. The molecule has 0 radical (unpaired) electrons. The third-order valence-electron chi connectivity index (χ3n) is 2.83. The Morgan fingerprint density at radius 1 is 1.44 bits per heavy atom. The minimum Gasteiger partial charge on any atom is -0.409 e. The molecular weight excluding hydrogens is 228 g/mol. The number of unbranched alkanes of at least 4 members (excludes halogenated alkanes) is 2. The molecule has 0 aliphatic heterocycles. The van der Waals surface area contributed by atoms with E-state index in [-0.39, 0.29) is 5.84 Å². The SMILES string of the molecule is CCCCCN(C)c1cc(/C(N)=N/O)cc(C)n1. The van der Waals surface area contributed by atoms with E-state index in [1.165, 1.54) is 12.8 Å². The summed E-state index contributed by atoms with van der Waals surface area (Å²) in [5.41, 5.74) is 7.16. The Morgan fingerprint density at radius 2 is 2.17 bits per heavy atom. The molecule has 18 heavy (non-hydrogen) atoms. The lowest BCUT2D eigenvalue weighted by Gasteiger charge is -2.19. The van der Waals surface area contributed by atoms with Crippen molar-refractivity contribution >= 4 is 11.7 Å². The summed E-state index contributed by atoms with van der Waals surface area (Å²) in [5, 5.41) is 11.7. The Balaban J connectivity index is 2.85. The largest absolute Gasteiger partial charge is 0.409 e. The van der Waals surface area contributed by atoms with Crippen LogP contribution >= 0.6 is 0 Å². The molecule has 100 valence electrons. The molecule has 1 aromatic rings.